The molecule has 0 aliphatic carbocycles. The first-order valence-corrected chi connectivity index (χ1v) is 5.16. The molecule has 0 aliphatic rings. The summed E-state index contributed by atoms with van der Waals surface area (Å²) in [4.78, 5) is 1.88. The van der Waals surface area contributed by atoms with Crippen molar-refractivity contribution >= 4 is 11.7 Å². The Balaban J connectivity index is 2.42. The fourth-order valence-electron chi connectivity index (χ4n) is 1.50. The van der Waals surface area contributed by atoms with Gasteiger partial charge in [0.15, 0.2) is 5.65 Å². The number of rotatable bonds is 1. The number of hydrogen-bond donors (Lipinski definition) is 0. The van der Waals surface area contributed by atoms with Crippen molar-refractivity contribution in [2.24, 2.45) is 0 Å². The Bertz CT molecular complexity index is 555. The van der Waals surface area contributed by atoms with E-state index in [1.807, 2.05) is 55.9 Å². The minimum Gasteiger partial charge on any atom is -0.373 e. The first-order valence-electron chi connectivity index (χ1n) is 5.16. The van der Waals surface area contributed by atoms with Gasteiger partial charge in [-0.15, -0.1) is 5.10 Å². The average molecular weight is 235 g/mol. The van der Waals surface area contributed by atoms with Crippen LogP contribution < -0.4 is 4.74 Å². The van der Waals surface area contributed by atoms with Gasteiger partial charge in [-0.05, 0) is 16.5 Å². The second kappa shape index (κ2) is 4.36. The predicted molar refractivity (Wildman–Crippen MR) is 62.2 cm³/mol. The number of ether oxygens (including phenoxy) is 1. The lowest BCUT2D eigenvalue weighted by atomic mass is 10.5. The third kappa shape index (κ3) is 2.17. The van der Waals surface area contributed by atoms with E-state index in [1.54, 1.807) is 4.52 Å². The first kappa shape index (κ1) is 11.3. The van der Waals surface area contributed by atoms with Crippen molar-refractivity contribution in [2.45, 2.75) is 0 Å². The van der Waals surface area contributed by atoms with Crippen LogP contribution in [0.25, 0.3) is 5.65 Å². The molecule has 7 heteroatoms. The number of tetrazole rings is 1. The van der Waals surface area contributed by atoms with Crippen LogP contribution in [-0.4, -0.2) is 63.7 Å². The molecule has 2 aromatic rings. The van der Waals surface area contributed by atoms with Gasteiger partial charge in [-0.25, -0.2) is 9.48 Å². The van der Waals surface area contributed by atoms with Crippen LogP contribution in [-0.2, 0) is 0 Å². The molecule has 0 unspecified atom stereocenters. The maximum atomic E-state index is 5.80. The molecular formula is C10H15N6O+. The summed E-state index contributed by atoms with van der Waals surface area (Å²) in [5.41, 5.74) is 0.652. The van der Waals surface area contributed by atoms with Gasteiger partial charge in [0.25, 0.3) is 0 Å². The summed E-state index contributed by atoms with van der Waals surface area (Å²) in [7, 11) is 7.65. The number of hydrogen-bond acceptors (Lipinski definition) is 4. The molecule has 0 saturated carbocycles. The van der Waals surface area contributed by atoms with Crippen molar-refractivity contribution in [2.75, 3.05) is 28.2 Å². The van der Waals surface area contributed by atoms with Crippen molar-refractivity contribution in [3.8, 4) is 5.88 Å². The van der Waals surface area contributed by atoms with Gasteiger partial charge in [-0.1, -0.05) is 6.07 Å². The van der Waals surface area contributed by atoms with E-state index < -0.39 is 0 Å². The highest BCUT2D eigenvalue weighted by Crippen LogP contribution is 2.11. The van der Waals surface area contributed by atoms with Crippen LogP contribution in [0.3, 0.4) is 0 Å². The average Bonchev–Trinajstić information content (AvgIpc) is 2.73. The van der Waals surface area contributed by atoms with Crippen LogP contribution in [0.15, 0.2) is 18.2 Å². The quantitative estimate of drug-likeness (QED) is 0.385. The molecule has 0 bridgehead atoms. The van der Waals surface area contributed by atoms with Crippen LogP contribution in [0.4, 0.5) is 0 Å². The fraction of sp³-hybridized carbons (Fsp3) is 0.400. The zero-order valence-electron chi connectivity index (χ0n) is 10.3. The molecule has 0 N–H and O–H groups in total. The maximum Gasteiger partial charge on any atom is 0.452 e. The topological polar surface area (TPSA) is 58.6 Å². The number of fused-ring (bicyclic) bond motifs is 1. The van der Waals surface area contributed by atoms with E-state index >= 15 is 0 Å². The molecule has 0 saturated heterocycles. The molecule has 0 amide bonds. The minimum atomic E-state index is 0.574. The molecule has 0 spiro atoms. The summed E-state index contributed by atoms with van der Waals surface area (Å²) in [5, 5.41) is 11.3. The Hall–Kier alpha value is -2.18. The maximum absolute atomic E-state index is 5.80. The summed E-state index contributed by atoms with van der Waals surface area (Å²) in [6, 6.07) is 6.19. The summed E-state index contributed by atoms with van der Waals surface area (Å²) < 4.78 is 9.22. The lowest BCUT2D eigenvalue weighted by Gasteiger charge is -2.11. The van der Waals surface area contributed by atoms with E-state index in [1.165, 1.54) is 0 Å². The Morgan fingerprint density at radius 1 is 1.35 bits per heavy atom. The summed E-state index contributed by atoms with van der Waals surface area (Å²) >= 11 is 0. The standard InChI is InChI=1S/C10H15N6O/c1-14(2)10(15(3)4)17-9-7-5-6-8-11-12-13-16(8)9/h5-7H,1-4H3/q+1. The number of amidine groups is 1. The second-order valence-electron chi connectivity index (χ2n) is 3.99. The van der Waals surface area contributed by atoms with Crippen LogP contribution in [0.2, 0.25) is 0 Å². The lowest BCUT2D eigenvalue weighted by molar-refractivity contribution is -0.478. The monoisotopic (exact) mass is 235 g/mol. The molecule has 90 valence electrons. The smallest absolute Gasteiger partial charge is 0.373 e. The molecule has 17 heavy (non-hydrogen) atoms. The Kier molecular flexibility index (Phi) is 2.90. The predicted octanol–water partition coefficient (Wildman–Crippen LogP) is -0.307. The highest BCUT2D eigenvalue weighted by molar-refractivity contribution is 5.70. The molecule has 2 rings (SSSR count). The Morgan fingerprint density at radius 2 is 2.12 bits per heavy atom. The summed E-state index contributed by atoms with van der Waals surface area (Å²) in [6.45, 7) is 0. The molecule has 2 heterocycles. The second-order valence-corrected chi connectivity index (χ2v) is 3.99. The van der Waals surface area contributed by atoms with Gasteiger partial charge < -0.3 is 4.74 Å². The van der Waals surface area contributed by atoms with E-state index in [-0.39, 0.29) is 0 Å². The van der Waals surface area contributed by atoms with Gasteiger partial charge >= 0.3 is 6.02 Å². The molecule has 0 aliphatic heterocycles. The highest BCUT2D eigenvalue weighted by Gasteiger charge is 2.16. The van der Waals surface area contributed by atoms with Gasteiger partial charge in [-0.2, -0.15) is 4.52 Å². The van der Waals surface area contributed by atoms with Gasteiger partial charge in [0.2, 0.25) is 5.88 Å². The molecule has 7 nitrogen and oxygen atoms in total. The van der Waals surface area contributed by atoms with Crippen molar-refractivity contribution in [3.63, 3.8) is 0 Å². The Labute approximate surface area is 98.9 Å². The molecule has 2 aromatic heterocycles. The minimum absolute atomic E-state index is 0.574. The van der Waals surface area contributed by atoms with E-state index in [9.17, 15) is 0 Å². The zero-order chi connectivity index (χ0) is 12.4. The van der Waals surface area contributed by atoms with Crippen LogP contribution in [0.1, 0.15) is 0 Å². The molecular weight excluding hydrogens is 220 g/mol. The van der Waals surface area contributed by atoms with Crippen LogP contribution >= 0.6 is 0 Å². The van der Waals surface area contributed by atoms with Gasteiger partial charge in [0, 0.05) is 6.07 Å². The van der Waals surface area contributed by atoms with Crippen molar-refractivity contribution < 1.29 is 9.31 Å². The number of aromatic nitrogens is 4. The van der Waals surface area contributed by atoms with Crippen LogP contribution in [0.5, 0.6) is 5.88 Å². The fourth-order valence-corrected chi connectivity index (χ4v) is 1.50. The van der Waals surface area contributed by atoms with E-state index in [4.69, 9.17) is 4.74 Å². The zero-order valence-corrected chi connectivity index (χ0v) is 10.3. The van der Waals surface area contributed by atoms with Crippen LogP contribution in [0, 0.1) is 0 Å². The van der Waals surface area contributed by atoms with Gasteiger partial charge in [-0.3, -0.25) is 0 Å². The SMILES string of the molecule is CN(C)C(Oc1cccc2nnnn12)=[N+](C)C. The molecule has 0 atom stereocenters. The van der Waals surface area contributed by atoms with E-state index in [0.29, 0.717) is 17.5 Å². The van der Waals surface area contributed by atoms with E-state index in [2.05, 4.69) is 15.5 Å². The van der Waals surface area contributed by atoms with Crippen molar-refractivity contribution in [1.29, 1.82) is 0 Å². The Morgan fingerprint density at radius 3 is 2.76 bits per heavy atom. The highest BCUT2D eigenvalue weighted by atomic mass is 16.5. The number of nitrogens with zero attached hydrogens (tertiary/aromatic N) is 6. The summed E-state index contributed by atoms with van der Waals surface area (Å²) in [5.74, 6) is 0.574. The van der Waals surface area contributed by atoms with Crippen molar-refractivity contribution in [3.05, 3.63) is 18.2 Å². The molecule has 0 aromatic carbocycles. The van der Waals surface area contributed by atoms with Gasteiger partial charge in [0.1, 0.15) is 0 Å². The lowest BCUT2D eigenvalue weighted by Crippen LogP contribution is -2.35. The third-order valence-corrected chi connectivity index (χ3v) is 2.15. The van der Waals surface area contributed by atoms with Gasteiger partial charge in [0.05, 0.1) is 28.2 Å². The molecule has 0 radical (unpaired) electrons. The normalized spacial score (nSPS) is 10.4. The third-order valence-electron chi connectivity index (χ3n) is 2.15. The largest absolute Gasteiger partial charge is 0.452 e. The number of pyridine rings is 1. The molecule has 0 fully saturated rings. The van der Waals surface area contributed by atoms with E-state index in [0.717, 1.165) is 0 Å². The first-order chi connectivity index (χ1) is 8.09. The van der Waals surface area contributed by atoms with Crippen molar-refractivity contribution in [1.82, 2.24) is 24.9 Å². The summed E-state index contributed by atoms with van der Waals surface area (Å²) in [6.07, 6.45) is 0.